The van der Waals surface area contributed by atoms with Gasteiger partial charge in [0.2, 0.25) is 0 Å². The first kappa shape index (κ1) is 14.5. The second-order valence-electron chi connectivity index (χ2n) is 4.03. The van der Waals surface area contributed by atoms with E-state index in [9.17, 15) is 13.2 Å². The lowest BCUT2D eigenvalue weighted by Gasteiger charge is -2.02. The highest BCUT2D eigenvalue weighted by atomic mass is 32.2. The number of aromatic nitrogens is 2. The Morgan fingerprint density at radius 2 is 2.25 bits per heavy atom. The normalized spacial score (nSPS) is 11.5. The molecule has 0 radical (unpaired) electrons. The average molecular weight is 315 g/mol. The number of hydrogen-bond acceptors (Lipinski definition) is 5. The minimum absolute atomic E-state index is 0.0665. The molecule has 0 fully saturated rings. The molecule has 0 bridgehead atoms. The summed E-state index contributed by atoms with van der Waals surface area (Å²) in [7, 11) is -3.83. The molecule has 0 aromatic carbocycles. The summed E-state index contributed by atoms with van der Waals surface area (Å²) in [6.45, 7) is 3.92. The van der Waals surface area contributed by atoms with E-state index in [1.165, 1.54) is 22.1 Å². The molecule has 0 saturated carbocycles. The highest BCUT2D eigenvalue weighted by molar-refractivity contribution is 7.93. The van der Waals surface area contributed by atoms with E-state index < -0.39 is 16.0 Å². The second kappa shape index (κ2) is 5.25. The number of anilines is 1. The number of rotatable bonds is 5. The summed E-state index contributed by atoms with van der Waals surface area (Å²) in [6.07, 6.45) is 2.86. The molecule has 2 heterocycles. The lowest BCUT2D eigenvalue weighted by atomic mass is 10.4. The third kappa shape index (κ3) is 2.83. The highest BCUT2D eigenvalue weighted by Gasteiger charge is 2.21. The number of aryl methyl sites for hydroxylation is 2. The summed E-state index contributed by atoms with van der Waals surface area (Å²) in [4.78, 5) is 15.7. The Morgan fingerprint density at radius 3 is 2.70 bits per heavy atom. The molecule has 0 amide bonds. The molecule has 2 rings (SSSR count). The van der Waals surface area contributed by atoms with Gasteiger partial charge in [0.05, 0.1) is 0 Å². The number of thiazole rings is 1. The number of nitrogens with one attached hydrogen (secondary N) is 1. The fraction of sp³-hybridized carbons (Fsp3) is 0.273. The van der Waals surface area contributed by atoms with Crippen molar-refractivity contribution in [1.29, 1.82) is 0 Å². The van der Waals surface area contributed by atoms with Crippen LogP contribution < -0.4 is 4.72 Å². The molecule has 0 aliphatic carbocycles. The van der Waals surface area contributed by atoms with Crippen LogP contribution in [0, 0.1) is 6.92 Å². The maximum Gasteiger partial charge on any atom is 0.352 e. The zero-order valence-electron chi connectivity index (χ0n) is 10.8. The molecule has 7 nitrogen and oxygen atoms in total. The predicted octanol–water partition coefficient (Wildman–Crippen LogP) is 1.77. The Balaban J connectivity index is 2.37. The lowest BCUT2D eigenvalue weighted by molar-refractivity contribution is 0.0685. The summed E-state index contributed by atoms with van der Waals surface area (Å²) >= 11 is 1.21. The number of aromatic carboxylic acids is 1. The topological polar surface area (TPSA) is 101 Å². The van der Waals surface area contributed by atoms with E-state index in [0.717, 1.165) is 10.9 Å². The Hall–Kier alpha value is -1.87. The average Bonchev–Trinajstić information content (AvgIpc) is 2.95. The van der Waals surface area contributed by atoms with Crippen molar-refractivity contribution in [1.82, 2.24) is 9.55 Å². The van der Waals surface area contributed by atoms with Gasteiger partial charge in [-0.05, 0) is 19.9 Å². The van der Waals surface area contributed by atoms with E-state index in [2.05, 4.69) is 9.71 Å². The van der Waals surface area contributed by atoms with Crippen molar-refractivity contribution in [3.63, 3.8) is 0 Å². The summed E-state index contributed by atoms with van der Waals surface area (Å²) in [5.74, 6) is -1.17. The summed E-state index contributed by atoms with van der Waals surface area (Å²) in [5.41, 5.74) is -0.0665. The minimum Gasteiger partial charge on any atom is -0.477 e. The van der Waals surface area contributed by atoms with Crippen LogP contribution in [0.3, 0.4) is 0 Å². The van der Waals surface area contributed by atoms with Crippen molar-refractivity contribution in [2.24, 2.45) is 0 Å². The maximum atomic E-state index is 12.2. The van der Waals surface area contributed by atoms with Gasteiger partial charge in [0, 0.05) is 23.8 Å². The van der Waals surface area contributed by atoms with Crippen LogP contribution in [-0.2, 0) is 16.6 Å². The van der Waals surface area contributed by atoms with Crippen LogP contribution in [0.2, 0.25) is 0 Å². The zero-order valence-corrected chi connectivity index (χ0v) is 12.5. The Labute approximate surface area is 119 Å². The molecule has 2 N–H and O–H groups in total. The molecule has 0 aliphatic heterocycles. The smallest absolute Gasteiger partial charge is 0.352 e. The predicted molar refractivity (Wildman–Crippen MR) is 74.7 cm³/mol. The first-order chi connectivity index (χ1) is 9.33. The second-order valence-corrected chi connectivity index (χ2v) is 6.95. The van der Waals surface area contributed by atoms with Crippen LogP contribution in [-0.4, -0.2) is 29.0 Å². The number of sulfonamides is 1. The number of hydrogen-bond donors (Lipinski definition) is 2. The van der Waals surface area contributed by atoms with Crippen molar-refractivity contribution in [2.45, 2.75) is 25.3 Å². The SMILES string of the molecule is CCn1cc(S(=O)(=O)Nc2ncc(C)s2)cc1C(=O)O. The monoisotopic (exact) mass is 315 g/mol. The van der Waals surface area contributed by atoms with Crippen molar-refractivity contribution in [3.8, 4) is 0 Å². The van der Waals surface area contributed by atoms with E-state index in [-0.39, 0.29) is 15.7 Å². The molecule has 0 atom stereocenters. The van der Waals surface area contributed by atoms with Crippen molar-refractivity contribution < 1.29 is 18.3 Å². The molecule has 2 aromatic rings. The van der Waals surface area contributed by atoms with Gasteiger partial charge >= 0.3 is 5.97 Å². The minimum atomic E-state index is -3.83. The first-order valence-electron chi connectivity index (χ1n) is 5.72. The molecule has 0 spiro atoms. The van der Waals surface area contributed by atoms with Gasteiger partial charge < -0.3 is 9.67 Å². The standard InChI is InChI=1S/C11H13N3O4S2/c1-3-14-6-8(4-9(14)10(15)16)20(17,18)13-11-12-5-7(2)19-11/h4-6H,3H2,1-2H3,(H,12,13)(H,15,16). The van der Waals surface area contributed by atoms with E-state index in [4.69, 9.17) is 5.11 Å². The van der Waals surface area contributed by atoms with Crippen molar-refractivity contribution in [2.75, 3.05) is 4.72 Å². The van der Waals surface area contributed by atoms with Gasteiger partial charge in [0.15, 0.2) is 5.13 Å². The van der Waals surface area contributed by atoms with Gasteiger partial charge in [-0.2, -0.15) is 0 Å². The third-order valence-corrected chi connectivity index (χ3v) is 4.85. The van der Waals surface area contributed by atoms with Gasteiger partial charge in [0.25, 0.3) is 10.0 Å². The van der Waals surface area contributed by atoms with Crippen molar-refractivity contribution >= 4 is 32.5 Å². The Bertz CT molecular complexity index is 746. The molecule has 0 unspecified atom stereocenters. The number of carboxylic acids is 1. The van der Waals surface area contributed by atoms with Gasteiger partial charge in [-0.25, -0.2) is 18.2 Å². The van der Waals surface area contributed by atoms with Crippen LogP contribution in [0.1, 0.15) is 22.3 Å². The quantitative estimate of drug-likeness (QED) is 0.875. The van der Waals surface area contributed by atoms with Gasteiger partial charge in [-0.1, -0.05) is 0 Å². The van der Waals surface area contributed by atoms with Gasteiger partial charge in [0.1, 0.15) is 10.6 Å². The van der Waals surface area contributed by atoms with Crippen LogP contribution in [0.5, 0.6) is 0 Å². The summed E-state index contributed by atoms with van der Waals surface area (Å²) < 4.78 is 28.0. The molecular formula is C11H13N3O4S2. The summed E-state index contributed by atoms with van der Waals surface area (Å²) in [6, 6.07) is 1.13. The number of nitrogens with zero attached hydrogens (tertiary/aromatic N) is 2. The molecule has 0 aliphatic rings. The number of carboxylic acid groups (broad SMARTS) is 1. The van der Waals surface area contributed by atoms with Gasteiger partial charge in [-0.3, -0.25) is 4.72 Å². The van der Waals surface area contributed by atoms with Crippen molar-refractivity contribution in [3.05, 3.63) is 29.0 Å². The lowest BCUT2D eigenvalue weighted by Crippen LogP contribution is -2.12. The van der Waals surface area contributed by atoms with Crippen LogP contribution in [0.15, 0.2) is 23.4 Å². The zero-order chi connectivity index (χ0) is 14.9. The molecule has 108 valence electrons. The van der Waals surface area contributed by atoms with E-state index in [1.54, 1.807) is 13.1 Å². The van der Waals surface area contributed by atoms with Crippen LogP contribution in [0.4, 0.5) is 5.13 Å². The van der Waals surface area contributed by atoms with Crippen LogP contribution in [0.25, 0.3) is 0 Å². The fourth-order valence-corrected chi connectivity index (χ4v) is 3.59. The molecular weight excluding hydrogens is 302 g/mol. The molecule has 2 aromatic heterocycles. The third-order valence-electron chi connectivity index (χ3n) is 2.58. The maximum absolute atomic E-state index is 12.2. The molecule has 20 heavy (non-hydrogen) atoms. The summed E-state index contributed by atoms with van der Waals surface area (Å²) in [5, 5.41) is 9.28. The molecule has 9 heteroatoms. The Kier molecular flexibility index (Phi) is 3.82. The largest absolute Gasteiger partial charge is 0.477 e. The van der Waals surface area contributed by atoms with Crippen LogP contribution >= 0.6 is 11.3 Å². The fourth-order valence-electron chi connectivity index (χ4n) is 1.65. The van der Waals surface area contributed by atoms with Gasteiger partial charge in [-0.15, -0.1) is 11.3 Å². The van der Waals surface area contributed by atoms with E-state index in [1.807, 2.05) is 6.92 Å². The van der Waals surface area contributed by atoms with E-state index in [0.29, 0.717) is 6.54 Å². The number of carbonyl (C=O) groups is 1. The Morgan fingerprint density at radius 1 is 1.55 bits per heavy atom. The highest BCUT2D eigenvalue weighted by Crippen LogP contribution is 2.22. The van der Waals surface area contributed by atoms with E-state index >= 15 is 0 Å². The first-order valence-corrected chi connectivity index (χ1v) is 8.02. The molecule has 0 saturated heterocycles.